The van der Waals surface area contributed by atoms with Gasteiger partial charge in [-0.05, 0) is 45.2 Å². The first-order valence-corrected chi connectivity index (χ1v) is 7.74. The fourth-order valence-corrected chi connectivity index (χ4v) is 2.45. The highest BCUT2D eigenvalue weighted by molar-refractivity contribution is 5.27. The summed E-state index contributed by atoms with van der Waals surface area (Å²) in [6, 6.07) is 8.52. The van der Waals surface area contributed by atoms with Crippen LogP contribution in [0.4, 0.5) is 0 Å². The van der Waals surface area contributed by atoms with Gasteiger partial charge in [0.15, 0.2) is 0 Å². The highest BCUT2D eigenvalue weighted by atomic mass is 15.3. The van der Waals surface area contributed by atoms with Crippen molar-refractivity contribution in [2.24, 2.45) is 0 Å². The SMILES string of the molecule is CCc1c(CNC(C)(C)C)cnn1Cc1ccccc1C. The second-order valence-electron chi connectivity index (χ2n) is 6.66. The molecule has 0 aliphatic heterocycles. The van der Waals surface area contributed by atoms with Gasteiger partial charge in [-0.25, -0.2) is 0 Å². The van der Waals surface area contributed by atoms with E-state index < -0.39 is 0 Å². The van der Waals surface area contributed by atoms with Gasteiger partial charge in [-0.3, -0.25) is 4.68 Å². The molecule has 3 heteroatoms. The first-order valence-electron chi connectivity index (χ1n) is 7.74. The summed E-state index contributed by atoms with van der Waals surface area (Å²) in [7, 11) is 0. The number of aromatic nitrogens is 2. The van der Waals surface area contributed by atoms with Crippen LogP contribution >= 0.6 is 0 Å². The van der Waals surface area contributed by atoms with E-state index in [9.17, 15) is 0 Å². The molecule has 1 aromatic heterocycles. The smallest absolute Gasteiger partial charge is 0.0665 e. The molecule has 0 atom stereocenters. The Morgan fingerprint density at radius 2 is 1.86 bits per heavy atom. The first kappa shape index (κ1) is 15.8. The van der Waals surface area contributed by atoms with E-state index in [0.29, 0.717) is 0 Å². The lowest BCUT2D eigenvalue weighted by Gasteiger charge is -2.20. The largest absolute Gasteiger partial charge is 0.308 e. The Morgan fingerprint density at radius 3 is 2.48 bits per heavy atom. The molecule has 0 amide bonds. The van der Waals surface area contributed by atoms with Crippen molar-refractivity contribution in [1.29, 1.82) is 0 Å². The van der Waals surface area contributed by atoms with Gasteiger partial charge in [-0.2, -0.15) is 5.10 Å². The van der Waals surface area contributed by atoms with E-state index >= 15 is 0 Å². The molecule has 1 heterocycles. The summed E-state index contributed by atoms with van der Waals surface area (Å²) >= 11 is 0. The summed E-state index contributed by atoms with van der Waals surface area (Å²) in [5.41, 5.74) is 5.43. The number of hydrogen-bond acceptors (Lipinski definition) is 2. The van der Waals surface area contributed by atoms with Crippen LogP contribution in [0.25, 0.3) is 0 Å². The molecule has 0 bridgehead atoms. The molecule has 0 aliphatic rings. The van der Waals surface area contributed by atoms with Crippen LogP contribution in [0.3, 0.4) is 0 Å². The van der Waals surface area contributed by atoms with Crippen molar-refractivity contribution >= 4 is 0 Å². The molecule has 114 valence electrons. The standard InChI is InChI=1S/C18H27N3/c1-6-17-16(11-19-18(3,4)5)12-20-21(17)13-15-10-8-7-9-14(15)2/h7-10,12,19H,6,11,13H2,1-5H3. The second kappa shape index (κ2) is 6.44. The number of hydrogen-bond donors (Lipinski definition) is 1. The molecular formula is C18H27N3. The third-order valence-electron chi connectivity index (χ3n) is 3.76. The number of rotatable bonds is 5. The second-order valence-corrected chi connectivity index (χ2v) is 6.66. The Balaban J connectivity index is 2.18. The van der Waals surface area contributed by atoms with E-state index in [0.717, 1.165) is 19.5 Å². The average molecular weight is 285 g/mol. The van der Waals surface area contributed by atoms with Crippen LogP contribution in [-0.4, -0.2) is 15.3 Å². The van der Waals surface area contributed by atoms with E-state index in [1.165, 1.54) is 22.4 Å². The molecule has 0 aliphatic carbocycles. The third kappa shape index (κ3) is 4.18. The molecule has 1 N–H and O–H groups in total. The van der Waals surface area contributed by atoms with Crippen LogP contribution in [-0.2, 0) is 19.5 Å². The van der Waals surface area contributed by atoms with Crippen LogP contribution in [0, 0.1) is 6.92 Å². The summed E-state index contributed by atoms with van der Waals surface area (Å²) in [5.74, 6) is 0. The van der Waals surface area contributed by atoms with Crippen LogP contribution in [0.5, 0.6) is 0 Å². The third-order valence-corrected chi connectivity index (χ3v) is 3.76. The topological polar surface area (TPSA) is 29.9 Å². The van der Waals surface area contributed by atoms with Gasteiger partial charge in [0.1, 0.15) is 0 Å². The van der Waals surface area contributed by atoms with Gasteiger partial charge in [0.25, 0.3) is 0 Å². The zero-order chi connectivity index (χ0) is 15.5. The zero-order valence-electron chi connectivity index (χ0n) is 13.9. The van der Waals surface area contributed by atoms with Gasteiger partial charge in [-0.15, -0.1) is 0 Å². The van der Waals surface area contributed by atoms with E-state index in [4.69, 9.17) is 0 Å². The molecule has 2 rings (SSSR count). The Labute approximate surface area is 128 Å². The summed E-state index contributed by atoms with van der Waals surface area (Å²) in [5, 5.41) is 8.15. The van der Waals surface area contributed by atoms with Crippen LogP contribution in [0.15, 0.2) is 30.5 Å². The van der Waals surface area contributed by atoms with E-state index in [1.54, 1.807) is 0 Å². The molecule has 3 nitrogen and oxygen atoms in total. The average Bonchev–Trinajstić information content (AvgIpc) is 2.80. The number of nitrogens with one attached hydrogen (secondary N) is 1. The minimum atomic E-state index is 0.128. The Bertz CT molecular complexity index is 591. The quantitative estimate of drug-likeness (QED) is 0.908. The van der Waals surface area contributed by atoms with Crippen molar-refractivity contribution in [1.82, 2.24) is 15.1 Å². The fourth-order valence-electron chi connectivity index (χ4n) is 2.45. The van der Waals surface area contributed by atoms with Crippen molar-refractivity contribution in [2.45, 2.75) is 59.7 Å². The summed E-state index contributed by atoms with van der Waals surface area (Å²) in [6.45, 7) is 12.7. The lowest BCUT2D eigenvalue weighted by atomic mass is 10.1. The lowest BCUT2D eigenvalue weighted by Crippen LogP contribution is -2.35. The van der Waals surface area contributed by atoms with E-state index in [-0.39, 0.29) is 5.54 Å². The predicted octanol–water partition coefficient (Wildman–Crippen LogP) is 3.69. The van der Waals surface area contributed by atoms with Crippen molar-refractivity contribution < 1.29 is 0 Å². The van der Waals surface area contributed by atoms with E-state index in [1.807, 2.05) is 6.20 Å². The Morgan fingerprint density at radius 1 is 1.14 bits per heavy atom. The van der Waals surface area contributed by atoms with Crippen LogP contribution in [0.1, 0.15) is 50.1 Å². The highest BCUT2D eigenvalue weighted by Crippen LogP contribution is 2.15. The number of benzene rings is 1. The summed E-state index contributed by atoms with van der Waals surface area (Å²) in [6.07, 6.45) is 3.02. The molecular weight excluding hydrogens is 258 g/mol. The molecule has 2 aromatic rings. The molecule has 0 unspecified atom stereocenters. The molecule has 0 spiro atoms. The lowest BCUT2D eigenvalue weighted by molar-refractivity contribution is 0.423. The normalized spacial score (nSPS) is 11.9. The number of aryl methyl sites for hydroxylation is 1. The van der Waals surface area contributed by atoms with Gasteiger partial charge in [0.05, 0.1) is 12.7 Å². The minimum Gasteiger partial charge on any atom is -0.308 e. The van der Waals surface area contributed by atoms with E-state index in [2.05, 4.69) is 74.0 Å². The van der Waals surface area contributed by atoms with Crippen molar-refractivity contribution in [3.05, 3.63) is 52.8 Å². The molecule has 0 saturated heterocycles. The van der Waals surface area contributed by atoms with Gasteiger partial charge in [0.2, 0.25) is 0 Å². The van der Waals surface area contributed by atoms with Gasteiger partial charge in [-0.1, -0.05) is 31.2 Å². The molecule has 21 heavy (non-hydrogen) atoms. The molecule has 1 aromatic carbocycles. The first-order chi connectivity index (χ1) is 9.90. The van der Waals surface area contributed by atoms with Gasteiger partial charge >= 0.3 is 0 Å². The predicted molar refractivity (Wildman–Crippen MR) is 88.5 cm³/mol. The van der Waals surface area contributed by atoms with Crippen LogP contribution in [0.2, 0.25) is 0 Å². The van der Waals surface area contributed by atoms with Crippen molar-refractivity contribution in [2.75, 3.05) is 0 Å². The number of nitrogens with zero attached hydrogens (tertiary/aromatic N) is 2. The highest BCUT2D eigenvalue weighted by Gasteiger charge is 2.13. The van der Waals surface area contributed by atoms with Crippen molar-refractivity contribution in [3.8, 4) is 0 Å². The maximum absolute atomic E-state index is 4.60. The summed E-state index contributed by atoms with van der Waals surface area (Å²) < 4.78 is 2.14. The maximum atomic E-state index is 4.60. The molecule has 0 fully saturated rings. The van der Waals surface area contributed by atoms with Crippen molar-refractivity contribution in [3.63, 3.8) is 0 Å². The summed E-state index contributed by atoms with van der Waals surface area (Å²) in [4.78, 5) is 0. The zero-order valence-corrected chi connectivity index (χ0v) is 13.9. The molecule has 0 saturated carbocycles. The fraction of sp³-hybridized carbons (Fsp3) is 0.500. The maximum Gasteiger partial charge on any atom is 0.0665 e. The Hall–Kier alpha value is -1.61. The Kier molecular flexibility index (Phi) is 4.84. The van der Waals surface area contributed by atoms with Crippen LogP contribution < -0.4 is 5.32 Å². The monoisotopic (exact) mass is 285 g/mol. The van der Waals surface area contributed by atoms with Gasteiger partial charge in [0, 0.05) is 23.3 Å². The minimum absolute atomic E-state index is 0.128. The molecule has 0 radical (unpaired) electrons. The van der Waals surface area contributed by atoms with Gasteiger partial charge < -0.3 is 5.32 Å².